The van der Waals surface area contributed by atoms with Crippen molar-refractivity contribution in [3.05, 3.63) is 34.8 Å². The van der Waals surface area contributed by atoms with Crippen LogP contribution in [0.1, 0.15) is 41.6 Å². The molecular formula is C15H20N4O3S2. The lowest BCUT2D eigenvalue weighted by Gasteiger charge is -2.05. The molecule has 0 aliphatic heterocycles. The molecule has 0 bridgehead atoms. The quantitative estimate of drug-likeness (QED) is 0.697. The van der Waals surface area contributed by atoms with Crippen molar-refractivity contribution in [1.29, 1.82) is 0 Å². The molecule has 0 fully saturated rings. The number of aryl methyl sites for hydroxylation is 1. The summed E-state index contributed by atoms with van der Waals surface area (Å²) in [6.45, 7) is 2.13. The molecule has 0 saturated carbocycles. The van der Waals surface area contributed by atoms with E-state index in [9.17, 15) is 13.2 Å². The molecule has 2 rings (SSSR count). The Morgan fingerprint density at radius 3 is 2.75 bits per heavy atom. The molecule has 0 unspecified atom stereocenters. The molecule has 0 spiro atoms. The molecule has 1 aromatic carbocycles. The highest BCUT2D eigenvalue weighted by molar-refractivity contribution is 7.89. The Balaban J connectivity index is 2.06. The lowest BCUT2D eigenvalue weighted by molar-refractivity contribution is 0.102. The van der Waals surface area contributed by atoms with Gasteiger partial charge in [0.1, 0.15) is 5.01 Å². The van der Waals surface area contributed by atoms with Crippen LogP contribution in [0.3, 0.4) is 0 Å². The van der Waals surface area contributed by atoms with Gasteiger partial charge in [-0.3, -0.25) is 10.1 Å². The summed E-state index contributed by atoms with van der Waals surface area (Å²) in [5.74, 6) is -0.417. The third-order valence-corrected chi connectivity index (χ3v) is 5.67. The maximum Gasteiger partial charge on any atom is 0.257 e. The highest BCUT2D eigenvalue weighted by Gasteiger charge is 2.15. The van der Waals surface area contributed by atoms with E-state index >= 15 is 0 Å². The molecular weight excluding hydrogens is 348 g/mol. The Morgan fingerprint density at radius 1 is 1.25 bits per heavy atom. The molecule has 9 heteroatoms. The molecule has 130 valence electrons. The van der Waals surface area contributed by atoms with Crippen LogP contribution in [0.5, 0.6) is 0 Å². The second kappa shape index (κ2) is 8.32. The molecule has 0 radical (unpaired) electrons. The average Bonchev–Trinajstić information content (AvgIpc) is 3.02. The first-order valence-electron chi connectivity index (χ1n) is 7.63. The number of hydrogen-bond acceptors (Lipinski definition) is 6. The van der Waals surface area contributed by atoms with Crippen LogP contribution in [0.2, 0.25) is 0 Å². The van der Waals surface area contributed by atoms with Crippen molar-refractivity contribution in [3.8, 4) is 0 Å². The van der Waals surface area contributed by atoms with Gasteiger partial charge >= 0.3 is 0 Å². The molecule has 1 amide bonds. The summed E-state index contributed by atoms with van der Waals surface area (Å²) in [4.78, 5) is 12.3. The molecule has 7 nitrogen and oxygen atoms in total. The van der Waals surface area contributed by atoms with Gasteiger partial charge in [-0.25, -0.2) is 13.1 Å². The Hall–Kier alpha value is -1.84. The van der Waals surface area contributed by atoms with Crippen LogP contribution >= 0.6 is 11.3 Å². The number of rotatable bonds is 8. The van der Waals surface area contributed by atoms with Gasteiger partial charge in [-0.2, -0.15) is 0 Å². The van der Waals surface area contributed by atoms with E-state index in [1.54, 1.807) is 6.07 Å². The van der Waals surface area contributed by atoms with Gasteiger partial charge < -0.3 is 0 Å². The van der Waals surface area contributed by atoms with Crippen LogP contribution in [0.4, 0.5) is 5.13 Å². The minimum Gasteiger partial charge on any atom is -0.296 e. The zero-order valence-electron chi connectivity index (χ0n) is 13.6. The molecule has 1 heterocycles. The van der Waals surface area contributed by atoms with Crippen LogP contribution in [0, 0.1) is 0 Å². The standard InChI is InChI=1S/C15H20N4O3S2/c1-3-4-5-9-13-18-19-15(23-13)17-14(20)11-7-6-8-12(10-11)24(21,22)16-2/h6-8,10,16H,3-5,9H2,1-2H3,(H,17,19,20). The molecule has 2 N–H and O–H groups in total. The van der Waals surface area contributed by atoms with Gasteiger partial charge in [0.05, 0.1) is 4.90 Å². The SMILES string of the molecule is CCCCCc1nnc(NC(=O)c2cccc(S(=O)(=O)NC)c2)s1. The average molecular weight is 368 g/mol. The van der Waals surface area contributed by atoms with Crippen molar-refractivity contribution in [3.63, 3.8) is 0 Å². The first kappa shape index (κ1) is 18.5. The zero-order chi connectivity index (χ0) is 17.6. The number of benzene rings is 1. The van der Waals surface area contributed by atoms with Crippen LogP contribution < -0.4 is 10.0 Å². The Bertz CT molecular complexity index is 803. The van der Waals surface area contributed by atoms with Gasteiger partial charge in [-0.15, -0.1) is 10.2 Å². The Morgan fingerprint density at radius 2 is 2.04 bits per heavy atom. The zero-order valence-corrected chi connectivity index (χ0v) is 15.2. The van der Waals surface area contributed by atoms with Gasteiger partial charge in [0.25, 0.3) is 5.91 Å². The van der Waals surface area contributed by atoms with E-state index in [2.05, 4.69) is 27.2 Å². The number of anilines is 1. The summed E-state index contributed by atoms with van der Waals surface area (Å²) in [7, 11) is -2.27. The van der Waals surface area contributed by atoms with E-state index in [4.69, 9.17) is 0 Å². The van der Waals surface area contributed by atoms with Crippen molar-refractivity contribution >= 4 is 32.4 Å². The van der Waals surface area contributed by atoms with E-state index in [1.807, 2.05) is 0 Å². The second-order valence-corrected chi connectivity index (χ2v) is 8.10. The number of amides is 1. The van der Waals surface area contributed by atoms with Crippen LogP contribution in [0.15, 0.2) is 29.2 Å². The molecule has 0 saturated heterocycles. The maximum absolute atomic E-state index is 12.3. The third-order valence-electron chi connectivity index (χ3n) is 3.36. The molecule has 0 atom stereocenters. The van der Waals surface area contributed by atoms with E-state index in [-0.39, 0.29) is 10.5 Å². The Labute approximate surface area is 145 Å². The summed E-state index contributed by atoms with van der Waals surface area (Å²) in [6, 6.07) is 5.83. The minimum absolute atomic E-state index is 0.0372. The minimum atomic E-state index is -3.59. The van der Waals surface area contributed by atoms with E-state index in [0.29, 0.717) is 5.13 Å². The fourth-order valence-electron chi connectivity index (χ4n) is 2.02. The number of sulfonamides is 1. The maximum atomic E-state index is 12.3. The summed E-state index contributed by atoms with van der Waals surface area (Å²) in [5, 5.41) is 12.0. The van der Waals surface area contributed by atoms with Crippen molar-refractivity contribution in [2.24, 2.45) is 0 Å². The predicted molar refractivity (Wildman–Crippen MR) is 93.8 cm³/mol. The van der Waals surface area contributed by atoms with Gasteiger partial charge in [-0.05, 0) is 31.7 Å². The third kappa shape index (κ3) is 4.83. The van der Waals surface area contributed by atoms with Crippen LogP contribution in [-0.4, -0.2) is 31.6 Å². The van der Waals surface area contributed by atoms with Crippen LogP contribution in [0.25, 0.3) is 0 Å². The van der Waals surface area contributed by atoms with E-state index < -0.39 is 15.9 Å². The summed E-state index contributed by atoms with van der Waals surface area (Å²) >= 11 is 1.34. The van der Waals surface area contributed by atoms with Gasteiger partial charge in [0.15, 0.2) is 0 Å². The van der Waals surface area contributed by atoms with E-state index in [1.165, 1.54) is 36.6 Å². The largest absolute Gasteiger partial charge is 0.296 e. The number of nitrogens with zero attached hydrogens (tertiary/aromatic N) is 2. The van der Waals surface area contributed by atoms with Crippen molar-refractivity contribution in [2.75, 3.05) is 12.4 Å². The van der Waals surface area contributed by atoms with Crippen LogP contribution in [-0.2, 0) is 16.4 Å². The number of carbonyl (C=O) groups excluding carboxylic acids is 1. The number of hydrogen-bond donors (Lipinski definition) is 2. The topological polar surface area (TPSA) is 101 Å². The van der Waals surface area contributed by atoms with Gasteiger partial charge in [0, 0.05) is 12.0 Å². The normalized spacial score (nSPS) is 11.4. The molecule has 0 aliphatic carbocycles. The fraction of sp³-hybridized carbons (Fsp3) is 0.400. The smallest absolute Gasteiger partial charge is 0.257 e. The Kier molecular flexibility index (Phi) is 6.41. The lowest BCUT2D eigenvalue weighted by atomic mass is 10.2. The van der Waals surface area contributed by atoms with Gasteiger partial charge in [-0.1, -0.05) is 37.2 Å². The number of nitrogens with one attached hydrogen (secondary N) is 2. The number of unbranched alkanes of at least 4 members (excludes halogenated alkanes) is 2. The molecule has 2 aromatic rings. The predicted octanol–water partition coefficient (Wildman–Crippen LogP) is 2.43. The van der Waals surface area contributed by atoms with E-state index in [0.717, 1.165) is 30.7 Å². The highest BCUT2D eigenvalue weighted by atomic mass is 32.2. The summed E-state index contributed by atoms with van der Waals surface area (Å²) < 4.78 is 25.8. The lowest BCUT2D eigenvalue weighted by Crippen LogP contribution is -2.19. The fourth-order valence-corrected chi connectivity index (χ4v) is 3.58. The van der Waals surface area contributed by atoms with Crippen molar-refractivity contribution in [1.82, 2.24) is 14.9 Å². The monoisotopic (exact) mass is 368 g/mol. The first-order valence-corrected chi connectivity index (χ1v) is 9.93. The first-order chi connectivity index (χ1) is 11.5. The molecule has 24 heavy (non-hydrogen) atoms. The number of carbonyl (C=O) groups is 1. The van der Waals surface area contributed by atoms with Crippen molar-refractivity contribution < 1.29 is 13.2 Å². The molecule has 1 aromatic heterocycles. The van der Waals surface area contributed by atoms with Crippen molar-refractivity contribution in [2.45, 2.75) is 37.5 Å². The highest BCUT2D eigenvalue weighted by Crippen LogP contribution is 2.19. The second-order valence-electron chi connectivity index (χ2n) is 5.15. The summed E-state index contributed by atoms with van der Waals surface area (Å²) in [5.41, 5.74) is 0.244. The molecule has 0 aliphatic rings. The summed E-state index contributed by atoms with van der Waals surface area (Å²) in [6.07, 6.45) is 4.16. The number of aromatic nitrogens is 2. The van der Waals surface area contributed by atoms with Gasteiger partial charge in [0.2, 0.25) is 15.2 Å².